The number of benzene rings is 4. The Labute approximate surface area is 206 Å². The predicted molar refractivity (Wildman–Crippen MR) is 146 cm³/mol. The van der Waals surface area contributed by atoms with Crippen molar-refractivity contribution in [1.82, 2.24) is 9.55 Å². The lowest BCUT2D eigenvalue weighted by Gasteiger charge is -2.21. The lowest BCUT2D eigenvalue weighted by molar-refractivity contribution is 0.668. The minimum Gasteiger partial charge on any atom is -0.455 e. The van der Waals surface area contributed by atoms with E-state index in [1.807, 2.05) is 12.1 Å². The van der Waals surface area contributed by atoms with Gasteiger partial charge in [-0.2, -0.15) is 0 Å². The van der Waals surface area contributed by atoms with Crippen LogP contribution in [0.4, 0.5) is 0 Å². The molecule has 6 rings (SSSR count). The Kier molecular flexibility index (Phi) is 5.21. The standard InChI is InChI=1S/C32H30N2O/c1-20(2)22-12-9-13-23(21(3)4)27(22)19-34-29-17-7-6-16-28(29)33-32(34)26-15-10-14-25-24-11-5-8-18-30(24)35-31(25)26/h5-18,20-21H,19H2,1-4H3. The molecule has 3 nitrogen and oxygen atoms in total. The molecule has 2 heterocycles. The maximum Gasteiger partial charge on any atom is 0.146 e. The van der Waals surface area contributed by atoms with Gasteiger partial charge in [0.05, 0.1) is 23.1 Å². The van der Waals surface area contributed by atoms with Gasteiger partial charge in [0, 0.05) is 10.8 Å². The Hall–Kier alpha value is -3.85. The molecule has 4 aromatic carbocycles. The second-order valence-corrected chi connectivity index (χ2v) is 10.0. The molecule has 0 aliphatic rings. The SMILES string of the molecule is CC(C)c1cccc(C(C)C)c1Cn1c(-c2cccc3c2oc2ccccc23)nc2ccccc21. The zero-order valence-corrected chi connectivity index (χ0v) is 20.7. The van der Waals surface area contributed by atoms with E-state index in [-0.39, 0.29) is 0 Å². The number of furan rings is 1. The van der Waals surface area contributed by atoms with Crippen molar-refractivity contribution in [3.63, 3.8) is 0 Å². The number of hydrogen-bond donors (Lipinski definition) is 0. The maximum absolute atomic E-state index is 6.41. The number of imidazole rings is 1. The second-order valence-electron chi connectivity index (χ2n) is 10.0. The molecule has 0 spiro atoms. The zero-order valence-electron chi connectivity index (χ0n) is 20.7. The molecular weight excluding hydrogens is 428 g/mol. The molecule has 0 saturated heterocycles. The van der Waals surface area contributed by atoms with Crippen LogP contribution in [0.2, 0.25) is 0 Å². The first kappa shape index (κ1) is 21.7. The van der Waals surface area contributed by atoms with Crippen molar-refractivity contribution in [2.24, 2.45) is 0 Å². The third-order valence-corrected chi connectivity index (χ3v) is 7.11. The highest BCUT2D eigenvalue weighted by Crippen LogP contribution is 2.38. The topological polar surface area (TPSA) is 31.0 Å². The van der Waals surface area contributed by atoms with E-state index in [0.29, 0.717) is 11.8 Å². The van der Waals surface area contributed by atoms with E-state index in [1.54, 1.807) is 0 Å². The highest BCUT2D eigenvalue weighted by Gasteiger charge is 2.21. The van der Waals surface area contributed by atoms with Crippen LogP contribution in [0.5, 0.6) is 0 Å². The van der Waals surface area contributed by atoms with Gasteiger partial charge < -0.3 is 8.98 Å². The second kappa shape index (κ2) is 8.42. The first-order valence-corrected chi connectivity index (χ1v) is 12.5. The first-order valence-electron chi connectivity index (χ1n) is 12.5. The molecule has 174 valence electrons. The molecule has 0 saturated carbocycles. The quantitative estimate of drug-likeness (QED) is 0.258. The molecule has 0 bridgehead atoms. The van der Waals surface area contributed by atoms with E-state index < -0.39 is 0 Å². The third-order valence-electron chi connectivity index (χ3n) is 7.11. The molecular formula is C32H30N2O. The summed E-state index contributed by atoms with van der Waals surface area (Å²) in [5.74, 6) is 1.84. The summed E-state index contributed by atoms with van der Waals surface area (Å²) < 4.78 is 8.79. The molecule has 2 aromatic heterocycles. The smallest absolute Gasteiger partial charge is 0.146 e. The van der Waals surface area contributed by atoms with Crippen LogP contribution >= 0.6 is 0 Å². The van der Waals surface area contributed by atoms with Crippen LogP contribution in [0.1, 0.15) is 56.2 Å². The van der Waals surface area contributed by atoms with E-state index >= 15 is 0 Å². The van der Waals surface area contributed by atoms with Crippen molar-refractivity contribution in [3.05, 3.63) is 102 Å². The Balaban J connectivity index is 1.63. The van der Waals surface area contributed by atoms with Gasteiger partial charge in [-0.25, -0.2) is 4.98 Å². The van der Waals surface area contributed by atoms with Crippen LogP contribution in [0.3, 0.4) is 0 Å². The highest BCUT2D eigenvalue weighted by atomic mass is 16.3. The van der Waals surface area contributed by atoms with Crippen molar-refractivity contribution in [2.75, 3.05) is 0 Å². The van der Waals surface area contributed by atoms with Gasteiger partial charge in [0.1, 0.15) is 17.0 Å². The largest absolute Gasteiger partial charge is 0.455 e. The van der Waals surface area contributed by atoms with E-state index in [4.69, 9.17) is 9.40 Å². The number of hydrogen-bond acceptors (Lipinski definition) is 2. The van der Waals surface area contributed by atoms with Gasteiger partial charge in [-0.3, -0.25) is 0 Å². The average Bonchev–Trinajstić information content (AvgIpc) is 3.42. The van der Waals surface area contributed by atoms with Gasteiger partial charge in [0.25, 0.3) is 0 Å². The van der Waals surface area contributed by atoms with E-state index in [0.717, 1.165) is 50.9 Å². The highest BCUT2D eigenvalue weighted by molar-refractivity contribution is 6.09. The summed E-state index contributed by atoms with van der Waals surface area (Å²) in [7, 11) is 0. The number of aromatic nitrogens is 2. The fourth-order valence-corrected chi connectivity index (χ4v) is 5.41. The summed E-state index contributed by atoms with van der Waals surface area (Å²) in [6, 6.07) is 29.9. The van der Waals surface area contributed by atoms with Gasteiger partial charge >= 0.3 is 0 Å². The summed E-state index contributed by atoms with van der Waals surface area (Å²) in [6.45, 7) is 9.90. The van der Waals surface area contributed by atoms with E-state index in [2.05, 4.69) is 105 Å². The van der Waals surface area contributed by atoms with Gasteiger partial charge in [-0.15, -0.1) is 0 Å². The minimum atomic E-state index is 0.445. The lowest BCUT2D eigenvalue weighted by atomic mass is 9.88. The van der Waals surface area contributed by atoms with Crippen LogP contribution in [-0.4, -0.2) is 9.55 Å². The molecule has 0 aliphatic carbocycles. The first-order chi connectivity index (χ1) is 17.0. The Morgan fingerprint density at radius 1 is 0.714 bits per heavy atom. The number of nitrogens with zero attached hydrogens (tertiary/aromatic N) is 2. The molecule has 3 heteroatoms. The van der Waals surface area contributed by atoms with Crippen LogP contribution in [0.25, 0.3) is 44.4 Å². The van der Waals surface area contributed by atoms with Crippen LogP contribution in [0.15, 0.2) is 89.3 Å². The molecule has 0 radical (unpaired) electrons. The molecule has 0 N–H and O–H groups in total. The van der Waals surface area contributed by atoms with Crippen LogP contribution in [-0.2, 0) is 6.54 Å². The Bertz CT molecular complexity index is 1660. The number of fused-ring (bicyclic) bond motifs is 4. The predicted octanol–water partition coefficient (Wildman–Crippen LogP) is 8.90. The van der Waals surface area contributed by atoms with E-state index in [9.17, 15) is 0 Å². The van der Waals surface area contributed by atoms with Gasteiger partial charge in [-0.1, -0.05) is 88.4 Å². The summed E-state index contributed by atoms with van der Waals surface area (Å²) in [4.78, 5) is 5.15. The Morgan fingerprint density at radius 2 is 1.37 bits per heavy atom. The van der Waals surface area contributed by atoms with Crippen molar-refractivity contribution in [3.8, 4) is 11.4 Å². The van der Waals surface area contributed by atoms with Crippen molar-refractivity contribution in [1.29, 1.82) is 0 Å². The zero-order chi connectivity index (χ0) is 24.1. The van der Waals surface area contributed by atoms with Crippen LogP contribution in [0, 0.1) is 0 Å². The normalized spacial score (nSPS) is 12.1. The molecule has 0 fully saturated rings. The van der Waals surface area contributed by atoms with Crippen molar-refractivity contribution < 1.29 is 4.42 Å². The average molecular weight is 459 g/mol. The fourth-order valence-electron chi connectivity index (χ4n) is 5.41. The monoisotopic (exact) mass is 458 g/mol. The maximum atomic E-state index is 6.41. The molecule has 0 amide bonds. The minimum absolute atomic E-state index is 0.445. The van der Waals surface area contributed by atoms with Gasteiger partial charge in [0.2, 0.25) is 0 Å². The fraction of sp³-hybridized carbons (Fsp3) is 0.219. The molecule has 6 aromatic rings. The van der Waals surface area contributed by atoms with E-state index in [1.165, 1.54) is 16.7 Å². The third kappa shape index (κ3) is 3.54. The number of rotatable bonds is 5. The summed E-state index contributed by atoms with van der Waals surface area (Å²) >= 11 is 0. The molecule has 0 atom stereocenters. The molecule has 35 heavy (non-hydrogen) atoms. The van der Waals surface area contributed by atoms with Crippen LogP contribution < -0.4 is 0 Å². The van der Waals surface area contributed by atoms with Crippen molar-refractivity contribution in [2.45, 2.75) is 46.1 Å². The molecule has 0 unspecified atom stereocenters. The number of para-hydroxylation sites is 4. The summed E-state index contributed by atoms with van der Waals surface area (Å²) in [5.41, 5.74) is 9.19. The summed E-state index contributed by atoms with van der Waals surface area (Å²) in [6.07, 6.45) is 0. The van der Waals surface area contributed by atoms with Gasteiger partial charge in [-0.05, 0) is 52.8 Å². The Morgan fingerprint density at radius 3 is 2.14 bits per heavy atom. The van der Waals surface area contributed by atoms with Gasteiger partial charge in [0.15, 0.2) is 0 Å². The van der Waals surface area contributed by atoms with Crippen molar-refractivity contribution >= 4 is 33.0 Å². The summed E-state index contributed by atoms with van der Waals surface area (Å²) in [5, 5.41) is 2.27. The lowest BCUT2D eigenvalue weighted by Crippen LogP contribution is -2.10. The molecule has 0 aliphatic heterocycles.